The van der Waals surface area contributed by atoms with E-state index in [2.05, 4.69) is 140 Å². The molecule has 5 heteroatoms. The molecule has 0 radical (unpaired) electrons. The zero-order valence-electron chi connectivity index (χ0n) is 35.9. The average Bonchev–Trinajstić information content (AvgIpc) is 3.73. The molecule has 4 nitrogen and oxygen atoms in total. The van der Waals surface area contributed by atoms with Gasteiger partial charge in [-0.15, -0.1) is 11.3 Å². The van der Waals surface area contributed by atoms with E-state index in [9.17, 15) is 5.26 Å². The maximum absolute atomic E-state index is 9.35. The van der Waals surface area contributed by atoms with Gasteiger partial charge in [0, 0.05) is 36.9 Å². The monoisotopic (exact) mass is 852 g/mol. The van der Waals surface area contributed by atoms with Crippen LogP contribution < -0.4 is 0 Å². The molecule has 14 rings (SSSR count). The fourth-order valence-corrected chi connectivity index (χ4v) is 13.6. The van der Waals surface area contributed by atoms with E-state index in [4.69, 9.17) is 15.0 Å². The molecule has 0 saturated heterocycles. The molecule has 2 aromatic heterocycles. The number of fused-ring (bicyclic) bond motifs is 4. The molecule has 4 aliphatic rings. The minimum absolute atomic E-state index is 0.233. The Bertz CT molecular complexity index is 3440. The van der Waals surface area contributed by atoms with Crippen molar-refractivity contribution in [2.24, 2.45) is 11.8 Å². The predicted molar refractivity (Wildman–Crippen MR) is 267 cm³/mol. The summed E-state index contributed by atoms with van der Waals surface area (Å²) in [6.07, 6.45) is 7.89. The summed E-state index contributed by atoms with van der Waals surface area (Å²) in [4.78, 5) is 14.9. The Balaban J connectivity index is 0.781. The molecule has 4 aliphatic carbocycles. The van der Waals surface area contributed by atoms with Gasteiger partial charge in [-0.05, 0) is 148 Å². The molecule has 4 bridgehead atoms. The van der Waals surface area contributed by atoms with Gasteiger partial charge in [-0.25, -0.2) is 15.0 Å². The third-order valence-corrected chi connectivity index (χ3v) is 16.3. The summed E-state index contributed by atoms with van der Waals surface area (Å²) < 4.78 is 2.54. The molecule has 2 heterocycles. The first-order valence-electron chi connectivity index (χ1n) is 23.0. The number of rotatable bonds is 7. The largest absolute Gasteiger partial charge is 0.208 e. The number of aromatic nitrogens is 3. The molecule has 4 fully saturated rings. The van der Waals surface area contributed by atoms with Crippen molar-refractivity contribution in [1.29, 1.82) is 5.26 Å². The molecule has 2 atom stereocenters. The molecule has 0 amide bonds. The Morgan fingerprint density at radius 1 is 0.431 bits per heavy atom. The van der Waals surface area contributed by atoms with Gasteiger partial charge >= 0.3 is 0 Å². The first-order valence-corrected chi connectivity index (χ1v) is 23.8. The highest BCUT2D eigenvalue weighted by molar-refractivity contribution is 7.25. The van der Waals surface area contributed by atoms with Crippen LogP contribution in [0.3, 0.4) is 0 Å². The third-order valence-electron chi connectivity index (χ3n) is 15.1. The van der Waals surface area contributed by atoms with Gasteiger partial charge in [0.05, 0.1) is 11.6 Å². The van der Waals surface area contributed by atoms with Gasteiger partial charge in [0.25, 0.3) is 0 Å². The van der Waals surface area contributed by atoms with Crippen LogP contribution in [0.4, 0.5) is 0 Å². The lowest BCUT2D eigenvalue weighted by Gasteiger charge is -2.63. The Morgan fingerprint density at radius 2 is 0.938 bits per heavy atom. The summed E-state index contributed by atoms with van der Waals surface area (Å²) in [5, 5.41) is 14.1. The average molecular weight is 853 g/mol. The van der Waals surface area contributed by atoms with Crippen LogP contribution in [0.25, 0.3) is 87.4 Å². The van der Waals surface area contributed by atoms with Crippen LogP contribution >= 0.6 is 11.3 Å². The molecule has 0 spiro atoms. The Hall–Kier alpha value is -7.26. The first-order chi connectivity index (χ1) is 32.0. The topological polar surface area (TPSA) is 62.5 Å². The number of hydrogen-bond acceptors (Lipinski definition) is 5. The molecule has 8 aromatic carbocycles. The highest BCUT2D eigenvalue weighted by atomic mass is 32.1. The second-order valence-electron chi connectivity index (χ2n) is 19.1. The minimum Gasteiger partial charge on any atom is -0.208 e. The van der Waals surface area contributed by atoms with Crippen molar-refractivity contribution in [2.45, 2.75) is 49.4 Å². The van der Waals surface area contributed by atoms with E-state index in [1.54, 1.807) is 0 Å². The molecule has 310 valence electrons. The van der Waals surface area contributed by atoms with Crippen molar-refractivity contribution in [2.75, 3.05) is 0 Å². The van der Waals surface area contributed by atoms with E-state index in [-0.39, 0.29) is 10.8 Å². The van der Waals surface area contributed by atoms with Crippen LogP contribution in [-0.4, -0.2) is 15.0 Å². The number of hydrogen-bond donors (Lipinski definition) is 0. The number of nitrogens with zero attached hydrogens (tertiary/aromatic N) is 4. The lowest BCUT2D eigenvalue weighted by Crippen LogP contribution is -2.55. The van der Waals surface area contributed by atoms with E-state index < -0.39 is 0 Å². The summed E-state index contributed by atoms with van der Waals surface area (Å²) in [7, 11) is 0. The number of thiophene rings is 1. The zero-order chi connectivity index (χ0) is 43.1. The number of nitriles is 1. The van der Waals surface area contributed by atoms with E-state index in [1.165, 1.54) is 97.5 Å². The molecule has 0 N–H and O–H groups in total. The van der Waals surface area contributed by atoms with Crippen molar-refractivity contribution in [3.8, 4) is 62.5 Å². The van der Waals surface area contributed by atoms with Crippen LogP contribution in [-0.2, 0) is 10.8 Å². The zero-order valence-corrected chi connectivity index (χ0v) is 36.7. The second kappa shape index (κ2) is 14.9. The van der Waals surface area contributed by atoms with Crippen LogP contribution in [0.15, 0.2) is 182 Å². The molecule has 2 unspecified atom stereocenters. The Labute approximate surface area is 383 Å². The summed E-state index contributed by atoms with van der Waals surface area (Å²) >= 11 is 1.85. The Kier molecular flexibility index (Phi) is 8.77. The van der Waals surface area contributed by atoms with Crippen LogP contribution in [0, 0.1) is 23.2 Å². The highest BCUT2D eigenvalue weighted by Gasteiger charge is 2.58. The van der Waals surface area contributed by atoms with Gasteiger partial charge in [-0.2, -0.15) is 5.26 Å². The molecule has 0 aliphatic heterocycles. The fraction of sp³-hybridized carbons (Fsp3) is 0.167. The predicted octanol–water partition coefficient (Wildman–Crippen LogP) is 15.4. The van der Waals surface area contributed by atoms with Gasteiger partial charge in [0.1, 0.15) is 0 Å². The lowest BCUT2D eigenvalue weighted by molar-refractivity contribution is -0.0281. The van der Waals surface area contributed by atoms with Crippen LogP contribution in [0.5, 0.6) is 0 Å². The summed E-state index contributed by atoms with van der Waals surface area (Å²) in [6.45, 7) is 0. The van der Waals surface area contributed by atoms with Crippen molar-refractivity contribution in [3.05, 3.63) is 199 Å². The summed E-state index contributed by atoms with van der Waals surface area (Å²) in [5.41, 5.74) is 12.2. The maximum atomic E-state index is 9.35. The van der Waals surface area contributed by atoms with E-state index in [1.807, 2.05) is 59.9 Å². The van der Waals surface area contributed by atoms with E-state index in [0.29, 0.717) is 23.0 Å². The van der Waals surface area contributed by atoms with E-state index >= 15 is 0 Å². The Morgan fingerprint density at radius 3 is 1.54 bits per heavy atom. The minimum atomic E-state index is 0.233. The molecule has 65 heavy (non-hydrogen) atoms. The highest BCUT2D eigenvalue weighted by Crippen LogP contribution is 2.66. The quantitative estimate of drug-likeness (QED) is 0.160. The lowest BCUT2D eigenvalue weighted by atomic mass is 9.41. The van der Waals surface area contributed by atoms with Crippen LogP contribution in [0.1, 0.15) is 55.2 Å². The standard InChI is InChI=1S/C60H44N4S/c61-36-38-11-12-47-29-46(14-13-45(47)28-38)41-15-21-50(22-16-41)59-32-39-27-40(33-59)35-60(34-39,37-59)51-23-17-42(18-24-51)48-19-25-52-53-30-49(20-26-54(53)65-55(52)31-48)58-63-56(43-7-3-1-4-8-43)62-57(64-58)44-9-5-2-6-10-44/h1-26,28-31,39-40H,27,32-35,37H2. The normalized spacial score (nSPS) is 21.0. The third kappa shape index (κ3) is 6.58. The summed E-state index contributed by atoms with van der Waals surface area (Å²) in [6, 6.07) is 68.1. The fourth-order valence-electron chi connectivity index (χ4n) is 12.5. The second-order valence-corrected chi connectivity index (χ2v) is 20.2. The SMILES string of the molecule is N#Cc1ccc2cc(-c3ccc(C45CC6CC(C4)CC(c4ccc(-c7ccc8c(c7)sc7ccc(-c9nc(-c%10ccccc%10)nc(-c%10ccccc%10)n9)cc78)cc4)(C6)C5)cc3)ccc2c1. The van der Waals surface area contributed by atoms with Crippen molar-refractivity contribution < 1.29 is 0 Å². The van der Waals surface area contributed by atoms with E-state index in [0.717, 1.165) is 33.9 Å². The molecular weight excluding hydrogens is 809 g/mol. The molecule has 4 saturated carbocycles. The maximum Gasteiger partial charge on any atom is 0.164 e. The summed E-state index contributed by atoms with van der Waals surface area (Å²) in [5.74, 6) is 3.59. The van der Waals surface area contributed by atoms with Gasteiger partial charge in [0.15, 0.2) is 17.5 Å². The van der Waals surface area contributed by atoms with Gasteiger partial charge in [-0.1, -0.05) is 140 Å². The van der Waals surface area contributed by atoms with Gasteiger partial charge in [-0.3, -0.25) is 0 Å². The van der Waals surface area contributed by atoms with Crippen LogP contribution in [0.2, 0.25) is 0 Å². The van der Waals surface area contributed by atoms with Crippen molar-refractivity contribution in [1.82, 2.24) is 15.0 Å². The van der Waals surface area contributed by atoms with Gasteiger partial charge < -0.3 is 0 Å². The smallest absolute Gasteiger partial charge is 0.164 e. The molecular formula is C60H44N4S. The van der Waals surface area contributed by atoms with Gasteiger partial charge in [0.2, 0.25) is 0 Å². The molecule has 10 aromatic rings. The number of benzene rings is 8. The first kappa shape index (κ1) is 38.2. The van der Waals surface area contributed by atoms with Crippen molar-refractivity contribution >= 4 is 42.3 Å². The van der Waals surface area contributed by atoms with Crippen molar-refractivity contribution in [3.63, 3.8) is 0 Å².